The molecule has 1 aromatic carbocycles. The molecule has 0 unspecified atom stereocenters. The highest BCUT2D eigenvalue weighted by Crippen LogP contribution is 2.18. The summed E-state index contributed by atoms with van der Waals surface area (Å²) in [7, 11) is -3.48. The van der Waals surface area contributed by atoms with Crippen LogP contribution in [0.5, 0.6) is 0 Å². The Labute approximate surface area is 117 Å². The molecule has 0 saturated carbocycles. The van der Waals surface area contributed by atoms with Gasteiger partial charge in [-0.05, 0) is 45.1 Å². The van der Waals surface area contributed by atoms with Gasteiger partial charge in [-0.2, -0.15) is 0 Å². The Morgan fingerprint density at radius 2 is 2.11 bits per heavy atom. The van der Waals surface area contributed by atoms with Crippen LogP contribution in [-0.4, -0.2) is 8.42 Å². The summed E-state index contributed by atoms with van der Waals surface area (Å²) in [5.74, 6) is -0.375. The molecule has 0 bridgehead atoms. The fourth-order valence-corrected chi connectivity index (χ4v) is 3.80. The fraction of sp³-hybridized carbons (Fsp3) is 0.0909. The molecule has 0 radical (unpaired) electrons. The highest BCUT2D eigenvalue weighted by atomic mass is 79.9. The Morgan fingerprint density at radius 1 is 1.33 bits per heavy atom. The second-order valence-corrected chi connectivity index (χ2v) is 7.30. The van der Waals surface area contributed by atoms with Crippen LogP contribution < -0.4 is 4.72 Å². The molecule has 0 atom stereocenters. The molecule has 0 aliphatic carbocycles. The molecule has 7 heteroatoms. The first-order valence-corrected chi connectivity index (χ1v) is 8.12. The van der Waals surface area contributed by atoms with Crippen molar-refractivity contribution in [2.24, 2.45) is 0 Å². The normalized spacial score (nSPS) is 11.7. The van der Waals surface area contributed by atoms with Crippen LogP contribution in [0.4, 0.5) is 4.39 Å². The van der Waals surface area contributed by atoms with E-state index < -0.39 is 10.0 Å². The first-order valence-electron chi connectivity index (χ1n) is 4.96. The van der Waals surface area contributed by atoms with Crippen molar-refractivity contribution in [3.8, 4) is 0 Å². The van der Waals surface area contributed by atoms with Crippen LogP contribution in [0, 0.1) is 5.82 Å². The molecule has 2 aromatic rings. The van der Waals surface area contributed by atoms with E-state index in [9.17, 15) is 12.8 Å². The highest BCUT2D eigenvalue weighted by molar-refractivity contribution is 9.10. The third-order valence-electron chi connectivity index (χ3n) is 2.21. The zero-order chi connectivity index (χ0) is 13.2. The molecule has 2 rings (SSSR count). The Kier molecular flexibility index (Phi) is 4.16. The zero-order valence-corrected chi connectivity index (χ0v) is 12.3. The monoisotopic (exact) mass is 349 g/mol. The summed E-state index contributed by atoms with van der Waals surface area (Å²) in [5.41, 5.74) is 0.684. The van der Waals surface area contributed by atoms with Crippen molar-refractivity contribution >= 4 is 37.3 Å². The molecule has 18 heavy (non-hydrogen) atoms. The Balaban J connectivity index is 2.10. The number of benzene rings is 1. The van der Waals surface area contributed by atoms with Crippen LogP contribution in [0.1, 0.15) is 5.56 Å². The van der Waals surface area contributed by atoms with Crippen molar-refractivity contribution in [2.45, 2.75) is 10.8 Å². The largest absolute Gasteiger partial charge is 0.250 e. The summed E-state index contributed by atoms with van der Waals surface area (Å²) < 4.78 is 39.7. The third-order valence-corrected chi connectivity index (χ3v) is 5.62. The molecule has 96 valence electrons. The second-order valence-electron chi connectivity index (χ2n) is 3.51. The maximum Gasteiger partial charge on any atom is 0.250 e. The lowest BCUT2D eigenvalue weighted by Gasteiger charge is -2.05. The number of hydrogen-bond acceptors (Lipinski definition) is 3. The molecule has 0 amide bonds. The minimum Gasteiger partial charge on any atom is -0.206 e. The van der Waals surface area contributed by atoms with Crippen molar-refractivity contribution in [2.75, 3.05) is 0 Å². The van der Waals surface area contributed by atoms with Gasteiger partial charge in [-0.25, -0.2) is 17.5 Å². The molecule has 0 aliphatic heterocycles. The maximum absolute atomic E-state index is 13.0. The van der Waals surface area contributed by atoms with E-state index in [0.29, 0.717) is 10.0 Å². The summed E-state index contributed by atoms with van der Waals surface area (Å²) in [6.07, 6.45) is 0. The van der Waals surface area contributed by atoms with Gasteiger partial charge < -0.3 is 0 Å². The molecule has 0 saturated heterocycles. The number of rotatable bonds is 4. The summed E-state index contributed by atoms with van der Waals surface area (Å²) in [6.45, 7) is 0.124. The Bertz CT molecular complexity index is 641. The number of thiophene rings is 1. The van der Waals surface area contributed by atoms with Gasteiger partial charge in [-0.15, -0.1) is 11.3 Å². The van der Waals surface area contributed by atoms with Gasteiger partial charge in [0.25, 0.3) is 0 Å². The predicted octanol–water partition coefficient (Wildman–Crippen LogP) is 3.13. The minimum atomic E-state index is -3.48. The first-order chi connectivity index (χ1) is 8.49. The van der Waals surface area contributed by atoms with Crippen molar-refractivity contribution in [1.82, 2.24) is 4.72 Å². The van der Waals surface area contributed by atoms with Crippen LogP contribution in [0.15, 0.2) is 44.4 Å². The van der Waals surface area contributed by atoms with Gasteiger partial charge in [0.05, 0.1) is 4.47 Å². The second kappa shape index (κ2) is 5.48. The lowest BCUT2D eigenvalue weighted by molar-refractivity contribution is 0.583. The third kappa shape index (κ3) is 3.17. The van der Waals surface area contributed by atoms with E-state index in [1.54, 1.807) is 17.5 Å². The van der Waals surface area contributed by atoms with Crippen LogP contribution in [0.2, 0.25) is 0 Å². The standard InChI is InChI=1S/C11H9BrFNO2S2/c12-9-6-8(3-4-10(9)13)7-14-18(15,16)11-2-1-5-17-11/h1-6,14H,7H2. The van der Waals surface area contributed by atoms with E-state index in [1.807, 2.05) is 0 Å². The molecule has 3 nitrogen and oxygen atoms in total. The minimum absolute atomic E-state index is 0.124. The number of sulfonamides is 1. The first kappa shape index (κ1) is 13.7. The highest BCUT2D eigenvalue weighted by Gasteiger charge is 2.14. The lowest BCUT2D eigenvalue weighted by Crippen LogP contribution is -2.22. The van der Waals surface area contributed by atoms with Gasteiger partial charge in [0.2, 0.25) is 10.0 Å². The maximum atomic E-state index is 13.0. The SMILES string of the molecule is O=S(=O)(NCc1ccc(F)c(Br)c1)c1cccs1. The molecule has 1 aromatic heterocycles. The molecular formula is C11H9BrFNO2S2. The molecular weight excluding hydrogens is 341 g/mol. The van der Waals surface area contributed by atoms with E-state index in [0.717, 1.165) is 11.3 Å². The van der Waals surface area contributed by atoms with Crippen LogP contribution >= 0.6 is 27.3 Å². The van der Waals surface area contributed by atoms with Crippen LogP contribution in [-0.2, 0) is 16.6 Å². The van der Waals surface area contributed by atoms with Gasteiger partial charge in [0.15, 0.2) is 0 Å². The Hall–Kier alpha value is -0.760. The number of hydrogen-bond donors (Lipinski definition) is 1. The summed E-state index contributed by atoms with van der Waals surface area (Å²) in [4.78, 5) is 0. The Morgan fingerprint density at radius 3 is 2.72 bits per heavy atom. The number of nitrogens with one attached hydrogen (secondary N) is 1. The van der Waals surface area contributed by atoms with Gasteiger partial charge >= 0.3 is 0 Å². The van der Waals surface area contributed by atoms with Crippen molar-refractivity contribution in [3.05, 3.63) is 51.6 Å². The van der Waals surface area contributed by atoms with E-state index in [4.69, 9.17) is 0 Å². The predicted molar refractivity (Wildman–Crippen MR) is 72.4 cm³/mol. The van der Waals surface area contributed by atoms with Crippen molar-refractivity contribution < 1.29 is 12.8 Å². The van der Waals surface area contributed by atoms with Crippen LogP contribution in [0.3, 0.4) is 0 Å². The van der Waals surface area contributed by atoms with Gasteiger partial charge in [0.1, 0.15) is 10.0 Å². The van der Waals surface area contributed by atoms with Crippen LogP contribution in [0.25, 0.3) is 0 Å². The van der Waals surface area contributed by atoms with Gasteiger partial charge in [-0.1, -0.05) is 12.1 Å². The molecule has 1 heterocycles. The van der Waals surface area contributed by atoms with Gasteiger partial charge in [0, 0.05) is 6.54 Å². The molecule has 1 N–H and O–H groups in total. The lowest BCUT2D eigenvalue weighted by atomic mass is 10.2. The summed E-state index contributed by atoms with van der Waals surface area (Å²) >= 11 is 4.21. The quantitative estimate of drug-likeness (QED) is 0.921. The fourth-order valence-electron chi connectivity index (χ4n) is 1.32. The summed E-state index contributed by atoms with van der Waals surface area (Å²) in [6, 6.07) is 7.59. The zero-order valence-electron chi connectivity index (χ0n) is 9.06. The van der Waals surface area contributed by atoms with Crippen molar-refractivity contribution in [3.63, 3.8) is 0 Å². The smallest absolute Gasteiger partial charge is 0.206 e. The van der Waals surface area contributed by atoms with Gasteiger partial charge in [-0.3, -0.25) is 0 Å². The van der Waals surface area contributed by atoms with E-state index >= 15 is 0 Å². The van der Waals surface area contributed by atoms with Crippen molar-refractivity contribution in [1.29, 1.82) is 0 Å². The average Bonchev–Trinajstić information content (AvgIpc) is 2.85. The molecule has 0 aliphatic rings. The van der Waals surface area contributed by atoms with E-state index in [2.05, 4.69) is 20.7 Å². The molecule has 0 fully saturated rings. The summed E-state index contributed by atoms with van der Waals surface area (Å²) in [5, 5.41) is 1.70. The molecule has 0 spiro atoms. The number of halogens is 2. The topological polar surface area (TPSA) is 46.2 Å². The van der Waals surface area contributed by atoms with E-state index in [-0.39, 0.29) is 16.6 Å². The van der Waals surface area contributed by atoms with E-state index in [1.165, 1.54) is 18.2 Å². The average molecular weight is 350 g/mol.